The van der Waals surface area contributed by atoms with Crippen LogP contribution >= 0.6 is 0 Å². The molecule has 1 aromatic rings. The summed E-state index contributed by atoms with van der Waals surface area (Å²) in [5.74, 6) is -0.589. The van der Waals surface area contributed by atoms with Gasteiger partial charge in [0.15, 0.2) is 0 Å². The van der Waals surface area contributed by atoms with Crippen molar-refractivity contribution in [3.8, 4) is 0 Å². The minimum atomic E-state index is -1.14. The first-order valence-electron chi connectivity index (χ1n) is 5.63. The van der Waals surface area contributed by atoms with E-state index in [9.17, 15) is 24.8 Å². The summed E-state index contributed by atoms with van der Waals surface area (Å²) in [7, 11) is 0. The third kappa shape index (κ3) is 4.18. The van der Waals surface area contributed by atoms with Crippen LogP contribution in [0.1, 0.15) is 13.3 Å². The number of aliphatic hydroxyl groups excluding tert-OH is 1. The second kappa shape index (κ2) is 6.64. The molecule has 0 aliphatic heterocycles. The Bertz CT molecular complexity index is 524. The molecule has 1 unspecified atom stereocenters. The van der Waals surface area contributed by atoms with Gasteiger partial charge in [-0.15, -0.1) is 0 Å². The fourth-order valence-corrected chi connectivity index (χ4v) is 1.51. The van der Waals surface area contributed by atoms with E-state index >= 15 is 0 Å². The van der Waals surface area contributed by atoms with Crippen molar-refractivity contribution in [1.82, 2.24) is 4.57 Å². The van der Waals surface area contributed by atoms with Gasteiger partial charge in [-0.25, -0.2) is 0 Å². The van der Waals surface area contributed by atoms with Crippen molar-refractivity contribution in [3.63, 3.8) is 0 Å². The third-order valence-electron chi connectivity index (χ3n) is 2.31. The predicted molar refractivity (Wildman–Crippen MR) is 64.6 cm³/mol. The maximum atomic E-state index is 11.7. The first kappa shape index (κ1) is 14.8. The van der Waals surface area contributed by atoms with Crippen LogP contribution in [0.2, 0.25) is 0 Å². The molecule has 0 bridgehead atoms. The fourth-order valence-electron chi connectivity index (χ4n) is 1.51. The van der Waals surface area contributed by atoms with Gasteiger partial charge in [0.25, 0.3) is 0 Å². The smallest absolute Gasteiger partial charge is 0.334 e. The summed E-state index contributed by atoms with van der Waals surface area (Å²) in [6, 6.07) is 2.41. The van der Waals surface area contributed by atoms with Crippen molar-refractivity contribution in [2.24, 2.45) is 0 Å². The molecule has 0 aromatic carbocycles. The average Bonchev–Trinajstić information content (AvgIpc) is 2.31. The van der Waals surface area contributed by atoms with Crippen LogP contribution in [0.25, 0.3) is 0 Å². The minimum Gasteiger partial charge on any atom is -0.466 e. The molecular weight excluding hydrogens is 256 g/mol. The standard InChI is InChI=1S/C11H14N2O6/c1-2-19-10(15)6-8(14)7-12-5-3-4-9(11(12)16)13(17)18/h3-5,8,14H,2,6-7H2,1H3. The second-order valence-corrected chi connectivity index (χ2v) is 3.77. The number of aromatic nitrogens is 1. The van der Waals surface area contributed by atoms with E-state index in [4.69, 9.17) is 0 Å². The molecule has 8 heteroatoms. The summed E-state index contributed by atoms with van der Waals surface area (Å²) in [4.78, 5) is 32.6. The molecule has 1 aromatic heterocycles. The van der Waals surface area contributed by atoms with Gasteiger partial charge in [-0.2, -0.15) is 0 Å². The number of carbonyl (C=O) groups excluding carboxylic acids is 1. The van der Waals surface area contributed by atoms with Gasteiger partial charge >= 0.3 is 17.2 Å². The van der Waals surface area contributed by atoms with E-state index < -0.39 is 28.2 Å². The Balaban J connectivity index is 2.77. The highest BCUT2D eigenvalue weighted by Crippen LogP contribution is 2.04. The van der Waals surface area contributed by atoms with Gasteiger partial charge in [0.2, 0.25) is 0 Å². The van der Waals surface area contributed by atoms with Gasteiger partial charge in [-0.3, -0.25) is 19.7 Å². The minimum absolute atomic E-state index is 0.197. The van der Waals surface area contributed by atoms with E-state index in [2.05, 4.69) is 4.74 Å². The highest BCUT2D eigenvalue weighted by molar-refractivity contribution is 5.69. The van der Waals surface area contributed by atoms with E-state index in [0.717, 1.165) is 10.6 Å². The van der Waals surface area contributed by atoms with Crippen LogP contribution in [0.15, 0.2) is 23.1 Å². The Morgan fingerprint density at radius 2 is 2.32 bits per heavy atom. The fraction of sp³-hybridized carbons (Fsp3) is 0.455. The summed E-state index contributed by atoms with van der Waals surface area (Å²) in [5, 5.41) is 20.2. The first-order chi connectivity index (χ1) is 8.95. The summed E-state index contributed by atoms with van der Waals surface area (Å²) < 4.78 is 5.64. The van der Waals surface area contributed by atoms with Crippen molar-refractivity contribution < 1.29 is 19.6 Å². The molecule has 0 aliphatic rings. The van der Waals surface area contributed by atoms with Crippen LogP contribution in [0.4, 0.5) is 5.69 Å². The molecule has 0 aliphatic carbocycles. The molecule has 0 amide bonds. The molecule has 1 heterocycles. The lowest BCUT2D eigenvalue weighted by molar-refractivity contribution is -0.386. The SMILES string of the molecule is CCOC(=O)CC(O)Cn1cccc([N+](=O)[O-])c1=O. The third-order valence-corrected chi connectivity index (χ3v) is 2.31. The Morgan fingerprint density at radius 1 is 1.63 bits per heavy atom. The molecule has 1 N–H and O–H groups in total. The van der Waals surface area contributed by atoms with Gasteiger partial charge in [-0.1, -0.05) is 0 Å². The maximum Gasteiger partial charge on any atom is 0.334 e. The topological polar surface area (TPSA) is 112 Å². The lowest BCUT2D eigenvalue weighted by atomic mass is 10.2. The molecule has 0 fully saturated rings. The van der Waals surface area contributed by atoms with Crippen LogP contribution in [-0.2, 0) is 16.1 Å². The number of ether oxygens (including phenoxy) is 1. The van der Waals surface area contributed by atoms with Crippen molar-refractivity contribution in [2.75, 3.05) is 6.61 Å². The van der Waals surface area contributed by atoms with Crippen LogP contribution in [-0.4, -0.2) is 33.3 Å². The van der Waals surface area contributed by atoms with E-state index in [1.54, 1.807) is 6.92 Å². The predicted octanol–water partition coefficient (Wildman–Crippen LogP) is 0.0706. The molecule has 19 heavy (non-hydrogen) atoms. The molecule has 104 valence electrons. The Labute approximate surface area is 108 Å². The zero-order valence-corrected chi connectivity index (χ0v) is 10.3. The van der Waals surface area contributed by atoms with E-state index in [1.165, 1.54) is 12.3 Å². The molecule has 0 saturated carbocycles. The normalized spacial score (nSPS) is 11.9. The van der Waals surface area contributed by atoms with E-state index in [1.807, 2.05) is 0 Å². The van der Waals surface area contributed by atoms with Crippen LogP contribution < -0.4 is 5.56 Å². The van der Waals surface area contributed by atoms with Gasteiger partial charge < -0.3 is 14.4 Å². The quantitative estimate of drug-likeness (QED) is 0.445. The van der Waals surface area contributed by atoms with Crippen molar-refractivity contribution in [1.29, 1.82) is 0 Å². The van der Waals surface area contributed by atoms with Crippen LogP contribution in [0.3, 0.4) is 0 Å². The summed E-state index contributed by atoms with van der Waals surface area (Å²) in [6.07, 6.45) is -0.106. The van der Waals surface area contributed by atoms with E-state index in [0.29, 0.717) is 0 Å². The Morgan fingerprint density at radius 3 is 2.89 bits per heavy atom. The molecule has 0 saturated heterocycles. The van der Waals surface area contributed by atoms with Gasteiger partial charge in [0, 0.05) is 12.3 Å². The summed E-state index contributed by atoms with van der Waals surface area (Å²) in [5.41, 5.74) is -1.40. The number of pyridine rings is 1. The molecule has 1 atom stereocenters. The first-order valence-corrected chi connectivity index (χ1v) is 5.63. The van der Waals surface area contributed by atoms with Crippen molar-refractivity contribution >= 4 is 11.7 Å². The Hall–Kier alpha value is -2.22. The molecule has 8 nitrogen and oxygen atoms in total. The number of carbonyl (C=O) groups is 1. The zero-order valence-electron chi connectivity index (χ0n) is 10.3. The molecule has 0 radical (unpaired) electrons. The average molecular weight is 270 g/mol. The highest BCUT2D eigenvalue weighted by atomic mass is 16.6. The van der Waals surface area contributed by atoms with Gasteiger partial charge in [0.1, 0.15) is 0 Å². The van der Waals surface area contributed by atoms with Crippen LogP contribution in [0, 0.1) is 10.1 Å². The molecule has 0 spiro atoms. The van der Waals surface area contributed by atoms with Crippen molar-refractivity contribution in [3.05, 3.63) is 38.8 Å². The number of hydrogen-bond donors (Lipinski definition) is 1. The van der Waals surface area contributed by atoms with E-state index in [-0.39, 0.29) is 19.6 Å². The number of nitro groups is 1. The number of aliphatic hydroxyl groups is 1. The highest BCUT2D eigenvalue weighted by Gasteiger charge is 2.17. The largest absolute Gasteiger partial charge is 0.466 e. The van der Waals surface area contributed by atoms with Gasteiger partial charge in [0.05, 0.1) is 30.6 Å². The maximum absolute atomic E-state index is 11.7. The monoisotopic (exact) mass is 270 g/mol. The number of esters is 1. The molecule has 1 rings (SSSR count). The Kier molecular flexibility index (Phi) is 5.19. The zero-order chi connectivity index (χ0) is 14.4. The molecular formula is C11H14N2O6. The summed E-state index contributed by atoms with van der Waals surface area (Å²) in [6.45, 7) is 1.62. The van der Waals surface area contributed by atoms with Gasteiger partial charge in [-0.05, 0) is 13.0 Å². The number of hydrogen-bond acceptors (Lipinski definition) is 6. The lowest BCUT2D eigenvalue weighted by Crippen LogP contribution is -2.29. The lowest BCUT2D eigenvalue weighted by Gasteiger charge is -2.11. The number of nitrogens with zero attached hydrogens (tertiary/aromatic N) is 2. The van der Waals surface area contributed by atoms with Crippen LogP contribution in [0.5, 0.6) is 0 Å². The number of rotatable bonds is 6. The summed E-state index contributed by atoms with van der Waals surface area (Å²) >= 11 is 0. The second-order valence-electron chi connectivity index (χ2n) is 3.77. The van der Waals surface area contributed by atoms with Crippen molar-refractivity contribution in [2.45, 2.75) is 26.0 Å².